The topological polar surface area (TPSA) is 103 Å². The van der Waals surface area contributed by atoms with Crippen LogP contribution >= 0.6 is 0 Å². The van der Waals surface area contributed by atoms with Crippen molar-refractivity contribution in [2.75, 3.05) is 31.6 Å². The number of aromatic nitrogens is 6. The van der Waals surface area contributed by atoms with Gasteiger partial charge in [0.1, 0.15) is 23.5 Å². The fraction of sp³-hybridized carbons (Fsp3) is 0.269. The maximum atomic E-state index is 13.4. The van der Waals surface area contributed by atoms with Gasteiger partial charge in [0, 0.05) is 32.4 Å². The third kappa shape index (κ3) is 3.85. The summed E-state index contributed by atoms with van der Waals surface area (Å²) in [5, 5.41) is 4.33. The van der Waals surface area contributed by atoms with Gasteiger partial charge in [0.2, 0.25) is 5.95 Å². The number of fused-ring (bicyclic) bond motifs is 2. The van der Waals surface area contributed by atoms with Gasteiger partial charge in [-0.15, -0.1) is 0 Å². The molecule has 0 aliphatic carbocycles. The zero-order valence-electron chi connectivity index (χ0n) is 20.1. The smallest absolute Gasteiger partial charge is 0.270 e. The Bertz CT molecular complexity index is 1550. The zero-order valence-corrected chi connectivity index (χ0v) is 20.1. The van der Waals surface area contributed by atoms with Crippen LogP contribution in [0.2, 0.25) is 0 Å². The Balaban J connectivity index is 1.49. The van der Waals surface area contributed by atoms with Gasteiger partial charge >= 0.3 is 0 Å². The van der Waals surface area contributed by atoms with Gasteiger partial charge in [-0.25, -0.2) is 4.98 Å². The lowest BCUT2D eigenvalue weighted by molar-refractivity contribution is 0.0297. The van der Waals surface area contributed by atoms with Gasteiger partial charge in [-0.05, 0) is 24.6 Å². The van der Waals surface area contributed by atoms with Crippen LogP contribution in [0, 0.1) is 0 Å². The molecule has 1 saturated heterocycles. The molecule has 0 bridgehead atoms. The fourth-order valence-electron chi connectivity index (χ4n) is 4.58. The number of benzene rings is 1. The molecule has 10 nitrogen and oxygen atoms in total. The quantitative estimate of drug-likeness (QED) is 0.410. The molecule has 10 heteroatoms. The van der Waals surface area contributed by atoms with Crippen LogP contribution in [-0.2, 0) is 11.8 Å². The predicted molar refractivity (Wildman–Crippen MR) is 136 cm³/mol. The van der Waals surface area contributed by atoms with E-state index in [1.165, 1.54) is 0 Å². The highest BCUT2D eigenvalue weighted by Crippen LogP contribution is 2.29. The number of rotatable bonds is 5. The molecule has 0 saturated carbocycles. The molecule has 5 heterocycles. The van der Waals surface area contributed by atoms with E-state index >= 15 is 0 Å². The van der Waals surface area contributed by atoms with Crippen molar-refractivity contribution < 1.29 is 9.53 Å². The lowest BCUT2D eigenvalue weighted by Crippen LogP contribution is -2.41. The number of anilines is 1. The summed E-state index contributed by atoms with van der Waals surface area (Å²) in [7, 11) is 1.87. The standard InChI is InChI=1S/C26H26N8O2/c1-17(18-6-4-3-5-7-18)29-23-19-14-21(25(35)33-10-12-36-13-11-33)32(2)24(19)31-26(30-23)34-16-28-20-8-9-27-15-22(20)34/h3-9,14-17H,10-13H2,1-2H3,(H,29,30,31)/t17-/m0/s1. The molecular formula is C26H26N8O2. The van der Waals surface area contributed by atoms with Crippen molar-refractivity contribution >= 4 is 33.8 Å². The van der Waals surface area contributed by atoms with Crippen LogP contribution in [0.25, 0.3) is 28.0 Å². The summed E-state index contributed by atoms with van der Waals surface area (Å²) in [6.45, 7) is 4.32. The van der Waals surface area contributed by atoms with E-state index in [1.54, 1.807) is 18.7 Å². The molecule has 1 fully saturated rings. The van der Waals surface area contributed by atoms with E-state index in [0.717, 1.165) is 22.0 Å². The molecule has 36 heavy (non-hydrogen) atoms. The lowest BCUT2D eigenvalue weighted by Gasteiger charge is -2.26. The Labute approximate surface area is 207 Å². The maximum Gasteiger partial charge on any atom is 0.270 e. The maximum absolute atomic E-state index is 13.4. The number of morpholine rings is 1. The second-order valence-corrected chi connectivity index (χ2v) is 8.86. The van der Waals surface area contributed by atoms with Gasteiger partial charge in [-0.1, -0.05) is 30.3 Å². The van der Waals surface area contributed by atoms with Crippen LogP contribution in [0.1, 0.15) is 29.0 Å². The average molecular weight is 483 g/mol. The predicted octanol–water partition coefficient (Wildman–Crippen LogP) is 3.35. The van der Waals surface area contributed by atoms with Crippen molar-refractivity contribution in [2.24, 2.45) is 7.05 Å². The van der Waals surface area contributed by atoms with Crippen molar-refractivity contribution in [3.05, 3.63) is 72.4 Å². The van der Waals surface area contributed by atoms with E-state index in [4.69, 9.17) is 14.7 Å². The Hall–Kier alpha value is -4.31. The molecule has 1 N–H and O–H groups in total. The SMILES string of the molecule is C[C@H](Nc1nc(-n2cnc3ccncc32)nc2c1cc(C(=O)N1CCOCC1)n2C)c1ccccc1. The number of aryl methyl sites for hydroxylation is 1. The van der Waals surface area contributed by atoms with Gasteiger partial charge in [-0.2, -0.15) is 9.97 Å². The molecule has 1 aromatic carbocycles. The summed E-state index contributed by atoms with van der Waals surface area (Å²) in [6.07, 6.45) is 5.15. The Morgan fingerprint density at radius 3 is 2.72 bits per heavy atom. The van der Waals surface area contributed by atoms with Gasteiger partial charge < -0.3 is 19.5 Å². The Morgan fingerprint density at radius 1 is 1.11 bits per heavy atom. The van der Waals surface area contributed by atoms with Gasteiger partial charge in [0.15, 0.2) is 0 Å². The highest BCUT2D eigenvalue weighted by Gasteiger charge is 2.25. The van der Waals surface area contributed by atoms with Crippen molar-refractivity contribution in [1.82, 2.24) is 34.0 Å². The van der Waals surface area contributed by atoms with Crippen LogP contribution in [-0.4, -0.2) is 66.2 Å². The first-order valence-corrected chi connectivity index (χ1v) is 11.9. The molecule has 1 atom stereocenters. The summed E-state index contributed by atoms with van der Waals surface area (Å²) in [5.74, 6) is 1.06. The second-order valence-electron chi connectivity index (χ2n) is 8.86. The van der Waals surface area contributed by atoms with Gasteiger partial charge in [-0.3, -0.25) is 14.3 Å². The summed E-state index contributed by atoms with van der Waals surface area (Å²) in [6, 6.07) is 13.9. The van der Waals surface area contributed by atoms with Crippen LogP contribution in [0.15, 0.2) is 61.2 Å². The molecule has 6 rings (SSSR count). The number of hydrogen-bond acceptors (Lipinski definition) is 7. The fourth-order valence-corrected chi connectivity index (χ4v) is 4.58. The Kier molecular flexibility index (Phi) is 5.57. The third-order valence-corrected chi connectivity index (χ3v) is 6.61. The average Bonchev–Trinajstić information content (AvgIpc) is 3.51. The van der Waals surface area contributed by atoms with E-state index in [1.807, 2.05) is 51.4 Å². The van der Waals surface area contributed by atoms with E-state index in [0.29, 0.717) is 49.4 Å². The third-order valence-electron chi connectivity index (χ3n) is 6.61. The van der Waals surface area contributed by atoms with E-state index < -0.39 is 0 Å². The summed E-state index contributed by atoms with van der Waals surface area (Å²) in [5.41, 5.74) is 3.95. The zero-order chi connectivity index (χ0) is 24.6. The van der Waals surface area contributed by atoms with Crippen LogP contribution in [0.3, 0.4) is 0 Å². The summed E-state index contributed by atoms with van der Waals surface area (Å²) >= 11 is 0. The minimum Gasteiger partial charge on any atom is -0.378 e. The molecule has 4 aromatic heterocycles. The van der Waals surface area contributed by atoms with Crippen molar-refractivity contribution in [2.45, 2.75) is 13.0 Å². The molecule has 1 aliphatic rings. The number of hydrogen-bond donors (Lipinski definition) is 1. The minimum atomic E-state index is -0.0420. The van der Waals surface area contributed by atoms with E-state index in [-0.39, 0.29) is 11.9 Å². The lowest BCUT2D eigenvalue weighted by atomic mass is 10.1. The van der Waals surface area contributed by atoms with Crippen LogP contribution in [0.5, 0.6) is 0 Å². The number of nitrogens with one attached hydrogen (secondary N) is 1. The normalized spacial score (nSPS) is 14.9. The number of carbonyl (C=O) groups is 1. The minimum absolute atomic E-state index is 0.0167. The molecule has 1 aliphatic heterocycles. The Morgan fingerprint density at radius 2 is 1.92 bits per heavy atom. The molecule has 1 amide bonds. The molecule has 0 unspecified atom stereocenters. The number of carbonyl (C=O) groups excluding carboxylic acids is 1. The molecular weight excluding hydrogens is 456 g/mol. The molecule has 5 aromatic rings. The van der Waals surface area contributed by atoms with Gasteiger partial charge in [0.25, 0.3) is 5.91 Å². The summed E-state index contributed by atoms with van der Waals surface area (Å²) in [4.78, 5) is 33.7. The van der Waals surface area contributed by atoms with Crippen molar-refractivity contribution in [3.63, 3.8) is 0 Å². The number of nitrogens with zero attached hydrogens (tertiary/aromatic N) is 7. The highest BCUT2D eigenvalue weighted by molar-refractivity contribution is 6.01. The second kappa shape index (κ2) is 9.04. The first-order chi connectivity index (χ1) is 17.6. The first kappa shape index (κ1) is 22.2. The van der Waals surface area contributed by atoms with Crippen LogP contribution in [0.4, 0.5) is 5.82 Å². The number of ether oxygens (including phenoxy) is 1. The number of imidazole rings is 1. The number of amides is 1. The van der Waals surface area contributed by atoms with E-state index in [2.05, 4.69) is 34.3 Å². The van der Waals surface area contributed by atoms with E-state index in [9.17, 15) is 4.79 Å². The van der Waals surface area contributed by atoms with Crippen molar-refractivity contribution in [3.8, 4) is 5.95 Å². The van der Waals surface area contributed by atoms with Crippen LogP contribution < -0.4 is 5.32 Å². The van der Waals surface area contributed by atoms with Gasteiger partial charge in [0.05, 0.1) is 35.8 Å². The van der Waals surface area contributed by atoms with Crippen molar-refractivity contribution in [1.29, 1.82) is 0 Å². The first-order valence-electron chi connectivity index (χ1n) is 11.9. The highest BCUT2D eigenvalue weighted by atomic mass is 16.5. The summed E-state index contributed by atoms with van der Waals surface area (Å²) < 4.78 is 9.08. The molecule has 0 radical (unpaired) electrons. The largest absolute Gasteiger partial charge is 0.378 e. The number of pyridine rings is 1. The monoisotopic (exact) mass is 482 g/mol. The molecule has 182 valence electrons. The molecule has 0 spiro atoms.